The molecule has 1 heterocycles. The van der Waals surface area contributed by atoms with Crippen LogP contribution in [-0.4, -0.2) is 85.1 Å². The third-order valence-corrected chi connectivity index (χ3v) is 10.2. The van der Waals surface area contributed by atoms with Gasteiger partial charge in [0.2, 0.25) is 11.8 Å². The van der Waals surface area contributed by atoms with E-state index in [0.29, 0.717) is 18.6 Å². The number of nitrogens with zero attached hydrogens (tertiary/aromatic N) is 2. The number of carbonyl (C=O) groups excluding carboxylic acids is 4. The summed E-state index contributed by atoms with van der Waals surface area (Å²) < 4.78 is 38.0. The van der Waals surface area contributed by atoms with E-state index in [4.69, 9.17) is 4.74 Å². The molecule has 7 N–H and O–H groups in total. The molecule has 0 radical (unpaired) electrons. The molecule has 0 aliphatic heterocycles. The first-order valence-corrected chi connectivity index (χ1v) is 21.2. The molecule has 1 aromatic heterocycles. The number of rotatable bonds is 25. The average Bonchev–Trinajstić information content (AvgIpc) is 3.24. The number of carboxylic acids is 1. The van der Waals surface area contributed by atoms with E-state index in [1.165, 1.54) is 42.7 Å². The van der Waals surface area contributed by atoms with Crippen molar-refractivity contribution in [3.05, 3.63) is 113 Å². The number of hydrogen-bond acceptors (Lipinski definition) is 12. The minimum absolute atomic E-state index is 0.0653. The molecule has 61 heavy (non-hydrogen) atoms. The number of aryl methyl sites for hydroxylation is 1. The first-order valence-electron chi connectivity index (χ1n) is 19.8. The standard InChI is InChI=1S/C43H51N7O10S/c1-44-35-14-9-7-12-31(35)27-41(54)60-34-20-17-30(18-21-34)11-5-3-2-4-6-16-39(51)45-25-26-46-43(56)36(22-24-40(52)53)49-42(55)33-19-23-38(47-28-33)50-48-29-32-13-8-10-15-37(32)61(57,58)59/h7-10,12-15,17-21,23,28-29,36,44H,2-6,11,16,22,24-27H2,1H3,(H,45,51)(H,46,56)(H,47,50)(H,49,55)(H,52,53)(H,57,58,59)/b48-29-/t36-/m0/s1. The third kappa shape index (κ3) is 16.9. The van der Waals surface area contributed by atoms with Crippen LogP contribution in [0.25, 0.3) is 0 Å². The van der Waals surface area contributed by atoms with Gasteiger partial charge >= 0.3 is 11.9 Å². The van der Waals surface area contributed by atoms with Gasteiger partial charge in [0.25, 0.3) is 16.0 Å². The summed E-state index contributed by atoms with van der Waals surface area (Å²) in [6.07, 6.45) is 7.77. The fourth-order valence-corrected chi connectivity index (χ4v) is 6.74. The Bertz CT molecular complexity index is 2230. The molecule has 0 aliphatic rings. The molecule has 0 aliphatic carbocycles. The Kier molecular flexibility index (Phi) is 18.8. The second-order valence-electron chi connectivity index (χ2n) is 13.9. The predicted octanol–water partition coefficient (Wildman–Crippen LogP) is 4.74. The van der Waals surface area contributed by atoms with Crippen molar-refractivity contribution in [2.75, 3.05) is 30.9 Å². The lowest BCUT2D eigenvalue weighted by molar-refractivity contribution is -0.137. The number of esters is 1. The number of ether oxygens (including phenoxy) is 1. The maximum atomic E-state index is 12.9. The van der Waals surface area contributed by atoms with E-state index in [-0.39, 0.29) is 66.1 Å². The molecule has 0 bridgehead atoms. The highest BCUT2D eigenvalue weighted by Crippen LogP contribution is 2.19. The van der Waals surface area contributed by atoms with Crippen LogP contribution in [0, 0.1) is 0 Å². The topological polar surface area (TPSA) is 255 Å². The van der Waals surface area contributed by atoms with Crippen LogP contribution < -0.4 is 31.4 Å². The van der Waals surface area contributed by atoms with Gasteiger partial charge in [-0.1, -0.05) is 67.8 Å². The number of unbranched alkanes of at least 4 members (excludes halogenated alkanes) is 4. The highest BCUT2D eigenvalue weighted by Gasteiger charge is 2.22. The van der Waals surface area contributed by atoms with Crippen LogP contribution >= 0.6 is 0 Å². The summed E-state index contributed by atoms with van der Waals surface area (Å²) in [5.74, 6) is -2.23. The molecule has 4 rings (SSSR count). The van der Waals surface area contributed by atoms with Gasteiger partial charge in [0.15, 0.2) is 0 Å². The molecule has 17 nitrogen and oxygen atoms in total. The number of anilines is 2. The summed E-state index contributed by atoms with van der Waals surface area (Å²) in [4.78, 5) is 65.6. The summed E-state index contributed by atoms with van der Waals surface area (Å²) in [7, 11) is -2.65. The number of nitrogens with one attached hydrogen (secondary N) is 5. The third-order valence-electron chi connectivity index (χ3n) is 9.27. The Labute approximate surface area is 354 Å². The number of hydrogen-bond donors (Lipinski definition) is 7. The van der Waals surface area contributed by atoms with E-state index in [1.807, 2.05) is 43.4 Å². The molecular weight excluding hydrogens is 807 g/mol. The van der Waals surface area contributed by atoms with Crippen LogP contribution in [0.15, 0.2) is 101 Å². The monoisotopic (exact) mass is 857 g/mol. The molecular formula is C43H51N7O10S. The SMILES string of the molecule is CNc1ccccc1CC(=O)Oc1ccc(CCCCCCCC(=O)NCCNC(=O)[C@H](CCC(=O)O)NC(=O)c2ccc(N/N=C\c3ccccc3S(=O)(=O)O)nc2)cc1. The van der Waals surface area contributed by atoms with Gasteiger partial charge in [-0.15, -0.1) is 0 Å². The van der Waals surface area contributed by atoms with Gasteiger partial charge in [-0.3, -0.25) is 34.0 Å². The second-order valence-corrected chi connectivity index (χ2v) is 15.3. The lowest BCUT2D eigenvalue weighted by Gasteiger charge is -2.18. The van der Waals surface area contributed by atoms with Gasteiger partial charge in [-0.05, 0) is 73.2 Å². The number of para-hydroxylation sites is 1. The summed E-state index contributed by atoms with van der Waals surface area (Å²) in [5, 5.41) is 24.1. The Morgan fingerprint density at radius 1 is 0.836 bits per heavy atom. The molecule has 0 spiro atoms. The first-order chi connectivity index (χ1) is 29.3. The number of aliphatic carboxylic acids is 1. The summed E-state index contributed by atoms with van der Waals surface area (Å²) in [6, 6.07) is 22.4. The number of benzene rings is 3. The van der Waals surface area contributed by atoms with E-state index in [9.17, 15) is 42.0 Å². The Hall–Kier alpha value is -6.66. The number of carbonyl (C=O) groups is 5. The van der Waals surface area contributed by atoms with Crippen LogP contribution in [-0.2, 0) is 42.1 Å². The Balaban J connectivity index is 1.09. The number of aromatic nitrogens is 1. The maximum absolute atomic E-state index is 12.9. The number of amides is 3. The van der Waals surface area contributed by atoms with Crippen LogP contribution in [0.1, 0.15) is 78.4 Å². The highest BCUT2D eigenvalue weighted by molar-refractivity contribution is 7.86. The van der Waals surface area contributed by atoms with E-state index < -0.39 is 33.9 Å². The molecule has 0 unspecified atom stereocenters. The van der Waals surface area contributed by atoms with Crippen LogP contribution in [0.5, 0.6) is 5.75 Å². The molecule has 4 aromatic rings. The Morgan fingerprint density at radius 2 is 1.54 bits per heavy atom. The van der Waals surface area contributed by atoms with E-state index >= 15 is 0 Å². The zero-order valence-corrected chi connectivity index (χ0v) is 34.6. The molecule has 3 amide bonds. The molecule has 0 saturated heterocycles. The Morgan fingerprint density at radius 3 is 2.26 bits per heavy atom. The van der Waals surface area contributed by atoms with E-state index in [0.717, 1.165) is 48.9 Å². The fraction of sp³-hybridized carbons (Fsp3) is 0.326. The van der Waals surface area contributed by atoms with Crippen molar-refractivity contribution in [3.8, 4) is 5.75 Å². The molecule has 3 aromatic carbocycles. The van der Waals surface area contributed by atoms with Crippen molar-refractivity contribution in [1.29, 1.82) is 0 Å². The first kappa shape index (κ1) is 47.0. The second kappa shape index (κ2) is 24.4. The molecule has 324 valence electrons. The summed E-state index contributed by atoms with van der Waals surface area (Å²) in [6.45, 7) is 0.213. The van der Waals surface area contributed by atoms with Gasteiger partial charge in [-0.25, -0.2) is 4.98 Å². The quantitative estimate of drug-likeness (QED) is 0.0119. The van der Waals surface area contributed by atoms with Crippen molar-refractivity contribution in [1.82, 2.24) is 20.9 Å². The average molecular weight is 858 g/mol. The highest BCUT2D eigenvalue weighted by atomic mass is 32.2. The lowest BCUT2D eigenvalue weighted by atomic mass is 10.0. The lowest BCUT2D eigenvalue weighted by Crippen LogP contribution is -2.48. The van der Waals surface area contributed by atoms with Gasteiger partial charge in [0, 0.05) is 50.4 Å². The largest absolute Gasteiger partial charge is 0.481 e. The number of carboxylic acid groups (broad SMARTS) is 1. The van der Waals surface area contributed by atoms with Crippen LogP contribution in [0.4, 0.5) is 11.5 Å². The molecule has 18 heteroatoms. The van der Waals surface area contributed by atoms with Crippen LogP contribution in [0.2, 0.25) is 0 Å². The molecule has 1 atom stereocenters. The van der Waals surface area contributed by atoms with Crippen molar-refractivity contribution in [3.63, 3.8) is 0 Å². The van der Waals surface area contributed by atoms with Gasteiger partial charge < -0.3 is 31.1 Å². The zero-order chi connectivity index (χ0) is 44.0. The number of pyridine rings is 1. The molecule has 0 fully saturated rings. The fourth-order valence-electron chi connectivity index (χ4n) is 6.07. The predicted molar refractivity (Wildman–Crippen MR) is 229 cm³/mol. The van der Waals surface area contributed by atoms with Crippen LogP contribution in [0.3, 0.4) is 0 Å². The van der Waals surface area contributed by atoms with Gasteiger partial charge in [0.1, 0.15) is 22.5 Å². The van der Waals surface area contributed by atoms with E-state index in [2.05, 4.69) is 36.8 Å². The van der Waals surface area contributed by atoms with Crippen molar-refractivity contribution < 1.29 is 46.8 Å². The van der Waals surface area contributed by atoms with Crippen molar-refractivity contribution in [2.24, 2.45) is 5.10 Å². The van der Waals surface area contributed by atoms with Crippen molar-refractivity contribution in [2.45, 2.75) is 75.1 Å². The van der Waals surface area contributed by atoms with Gasteiger partial charge in [-0.2, -0.15) is 13.5 Å². The normalized spacial score (nSPS) is 11.6. The van der Waals surface area contributed by atoms with E-state index in [1.54, 1.807) is 18.2 Å². The van der Waals surface area contributed by atoms with Gasteiger partial charge in [0.05, 0.1) is 18.2 Å². The minimum Gasteiger partial charge on any atom is -0.481 e. The maximum Gasteiger partial charge on any atom is 0.315 e. The van der Waals surface area contributed by atoms with Crippen molar-refractivity contribution >= 4 is 57.5 Å². The summed E-state index contributed by atoms with van der Waals surface area (Å²) >= 11 is 0. The summed E-state index contributed by atoms with van der Waals surface area (Å²) in [5.41, 5.74) is 5.69. The molecule has 0 saturated carbocycles. The smallest absolute Gasteiger partial charge is 0.315 e. The zero-order valence-electron chi connectivity index (χ0n) is 33.8. The minimum atomic E-state index is -4.46. The number of hydrazone groups is 1.